The van der Waals surface area contributed by atoms with E-state index in [1.807, 2.05) is 48.5 Å². The molecule has 230 valence electrons. The number of ether oxygens (including phenoxy) is 6. The summed E-state index contributed by atoms with van der Waals surface area (Å²) in [6.07, 6.45) is -7.56. The highest BCUT2D eigenvalue weighted by atomic mass is 16.7. The van der Waals surface area contributed by atoms with E-state index in [0.717, 1.165) is 43.0 Å². The number of benzene rings is 2. The maximum Gasteiger partial charge on any atom is 0.407 e. The van der Waals surface area contributed by atoms with Crippen LogP contribution < -0.4 is 5.32 Å². The Morgan fingerprint density at radius 1 is 0.860 bits per heavy atom. The number of amides is 1. The number of aliphatic carboxylic acids is 1. The molecule has 2 aromatic carbocycles. The fraction of sp³-hybridized carbons (Fsp3) is 0.433. The molecule has 0 bridgehead atoms. The van der Waals surface area contributed by atoms with Crippen molar-refractivity contribution < 1.29 is 57.5 Å². The van der Waals surface area contributed by atoms with E-state index in [0.29, 0.717) is 0 Å². The van der Waals surface area contributed by atoms with Crippen molar-refractivity contribution in [2.75, 3.05) is 13.2 Å². The summed E-state index contributed by atoms with van der Waals surface area (Å²) in [6, 6.07) is 13.9. The summed E-state index contributed by atoms with van der Waals surface area (Å²) in [4.78, 5) is 60.2. The fourth-order valence-electron chi connectivity index (χ4n) is 5.26. The molecule has 43 heavy (non-hydrogen) atoms. The summed E-state index contributed by atoms with van der Waals surface area (Å²) in [6.45, 7) is 4.36. The average molecular weight is 600 g/mol. The van der Waals surface area contributed by atoms with Crippen LogP contribution in [-0.2, 0) is 47.6 Å². The molecule has 0 unspecified atom stereocenters. The molecule has 13 heteroatoms. The van der Waals surface area contributed by atoms with Crippen LogP contribution in [0.1, 0.15) is 44.7 Å². The quantitative estimate of drug-likeness (QED) is 0.302. The highest BCUT2D eigenvalue weighted by Crippen LogP contribution is 2.44. The Kier molecular flexibility index (Phi) is 9.99. The Morgan fingerprint density at radius 3 is 1.93 bits per heavy atom. The zero-order valence-corrected chi connectivity index (χ0v) is 24.0. The molecule has 4 rings (SSSR count). The van der Waals surface area contributed by atoms with E-state index < -0.39 is 66.7 Å². The summed E-state index contributed by atoms with van der Waals surface area (Å²) in [5.74, 6) is -3.91. The Morgan fingerprint density at radius 2 is 1.40 bits per heavy atom. The molecule has 2 N–H and O–H groups in total. The van der Waals surface area contributed by atoms with Crippen molar-refractivity contribution in [3.63, 3.8) is 0 Å². The van der Waals surface area contributed by atoms with Crippen molar-refractivity contribution in [2.45, 2.75) is 70.4 Å². The molecule has 1 saturated heterocycles. The number of nitrogens with one attached hydrogen (secondary N) is 1. The number of hydrogen-bond acceptors (Lipinski definition) is 11. The molecule has 6 atom stereocenters. The van der Waals surface area contributed by atoms with Crippen LogP contribution in [0.15, 0.2) is 48.5 Å². The number of hydrogen-bond donors (Lipinski definition) is 2. The lowest BCUT2D eigenvalue weighted by molar-refractivity contribution is -0.291. The van der Waals surface area contributed by atoms with Crippen LogP contribution in [0, 0.1) is 0 Å². The van der Waals surface area contributed by atoms with Gasteiger partial charge in [-0.25, -0.2) is 9.59 Å². The summed E-state index contributed by atoms with van der Waals surface area (Å²) >= 11 is 0. The van der Waals surface area contributed by atoms with Crippen LogP contribution in [0.25, 0.3) is 11.1 Å². The van der Waals surface area contributed by atoms with Gasteiger partial charge in [0.1, 0.15) is 6.61 Å². The average Bonchev–Trinajstić information content (AvgIpc) is 3.26. The van der Waals surface area contributed by atoms with Crippen LogP contribution in [0.4, 0.5) is 4.79 Å². The van der Waals surface area contributed by atoms with Crippen molar-refractivity contribution >= 4 is 30.0 Å². The van der Waals surface area contributed by atoms with Gasteiger partial charge in [0.2, 0.25) is 0 Å². The lowest BCUT2D eigenvalue weighted by atomic mass is 9.98. The number of alkyl carbamates (subject to hydrolysis) is 1. The third-order valence-corrected chi connectivity index (χ3v) is 7.01. The van der Waals surface area contributed by atoms with Gasteiger partial charge < -0.3 is 38.8 Å². The third-order valence-electron chi connectivity index (χ3n) is 7.01. The highest BCUT2D eigenvalue weighted by Gasteiger charge is 2.48. The van der Waals surface area contributed by atoms with Crippen molar-refractivity contribution in [2.24, 2.45) is 0 Å². The summed E-state index contributed by atoms with van der Waals surface area (Å²) in [5.41, 5.74) is 4.05. The minimum absolute atomic E-state index is 0.0384. The van der Waals surface area contributed by atoms with Gasteiger partial charge in [0.25, 0.3) is 0 Å². The third kappa shape index (κ3) is 7.48. The molecule has 1 fully saturated rings. The first kappa shape index (κ1) is 31.4. The van der Waals surface area contributed by atoms with E-state index in [2.05, 4.69) is 5.32 Å². The van der Waals surface area contributed by atoms with Crippen LogP contribution in [-0.4, -0.2) is 85.0 Å². The Bertz CT molecular complexity index is 1330. The Balaban J connectivity index is 1.44. The largest absolute Gasteiger partial charge is 0.480 e. The second kappa shape index (κ2) is 13.7. The lowest BCUT2D eigenvalue weighted by Crippen LogP contribution is -2.60. The summed E-state index contributed by atoms with van der Waals surface area (Å²) in [5, 5.41) is 12.2. The number of rotatable bonds is 10. The maximum absolute atomic E-state index is 12.8. The van der Waals surface area contributed by atoms with E-state index in [9.17, 15) is 29.1 Å². The molecule has 0 saturated carbocycles. The summed E-state index contributed by atoms with van der Waals surface area (Å²) in [7, 11) is 0. The number of esters is 3. The number of carbonyl (C=O) groups is 5. The molecular formula is C30H33NO12. The van der Waals surface area contributed by atoms with Gasteiger partial charge in [0.05, 0.1) is 12.7 Å². The van der Waals surface area contributed by atoms with Gasteiger partial charge in [-0.15, -0.1) is 0 Å². The SMILES string of the molecule is CC(=O)O[C@@H]1[C@@H](OC(C)=O)[C@H](O[C@H](C)[C@H](NC(=O)OCC2c3ccccc3-c3ccccc32)C(=O)O)OC[C@H]1OC(C)=O. The predicted molar refractivity (Wildman–Crippen MR) is 147 cm³/mol. The Hall–Kier alpha value is -4.49. The van der Waals surface area contributed by atoms with E-state index in [1.165, 1.54) is 6.92 Å². The topological polar surface area (TPSA) is 173 Å². The second-order valence-electron chi connectivity index (χ2n) is 10.1. The molecule has 2 aromatic rings. The van der Waals surface area contributed by atoms with Crippen molar-refractivity contribution in [1.29, 1.82) is 0 Å². The van der Waals surface area contributed by atoms with E-state index in [1.54, 1.807) is 0 Å². The van der Waals surface area contributed by atoms with Crippen molar-refractivity contribution in [3.8, 4) is 11.1 Å². The van der Waals surface area contributed by atoms with E-state index >= 15 is 0 Å². The number of carbonyl (C=O) groups excluding carboxylic acids is 4. The first-order chi connectivity index (χ1) is 20.5. The van der Waals surface area contributed by atoms with Crippen LogP contribution in [0.5, 0.6) is 0 Å². The zero-order valence-electron chi connectivity index (χ0n) is 24.0. The minimum atomic E-state index is -1.62. The predicted octanol–water partition coefficient (Wildman–Crippen LogP) is 2.53. The van der Waals surface area contributed by atoms with Gasteiger partial charge in [0.15, 0.2) is 30.6 Å². The van der Waals surface area contributed by atoms with Gasteiger partial charge in [-0.1, -0.05) is 48.5 Å². The van der Waals surface area contributed by atoms with Gasteiger partial charge in [-0.3, -0.25) is 14.4 Å². The van der Waals surface area contributed by atoms with Crippen molar-refractivity contribution in [3.05, 3.63) is 59.7 Å². The molecule has 2 aliphatic rings. The van der Waals surface area contributed by atoms with Crippen LogP contribution in [0.3, 0.4) is 0 Å². The van der Waals surface area contributed by atoms with Gasteiger partial charge >= 0.3 is 30.0 Å². The van der Waals surface area contributed by atoms with E-state index in [-0.39, 0.29) is 19.1 Å². The molecule has 13 nitrogen and oxygen atoms in total. The zero-order chi connectivity index (χ0) is 31.3. The standard InChI is InChI=1S/C30H33NO12/c1-15(40-29-27(43-18(4)34)26(42-17(3)33)24(14-38-29)41-16(2)32)25(28(35)36)31-30(37)39-13-23-21-11-7-5-9-19(21)20-10-6-8-12-22(20)23/h5-12,15,23-27,29H,13-14H2,1-4H3,(H,31,37)(H,35,36)/t15-,24-,25+,26+,27-,29+/m1/s1. The molecule has 0 spiro atoms. The lowest BCUT2D eigenvalue weighted by Gasteiger charge is -2.41. The summed E-state index contributed by atoms with van der Waals surface area (Å²) < 4.78 is 32.6. The maximum atomic E-state index is 12.8. The van der Waals surface area contributed by atoms with Crippen molar-refractivity contribution in [1.82, 2.24) is 5.32 Å². The number of fused-ring (bicyclic) bond motifs is 3. The molecule has 1 aliphatic heterocycles. The van der Waals surface area contributed by atoms with Gasteiger partial charge in [-0.2, -0.15) is 0 Å². The van der Waals surface area contributed by atoms with E-state index in [4.69, 9.17) is 28.4 Å². The highest BCUT2D eigenvalue weighted by molar-refractivity contribution is 5.81. The smallest absolute Gasteiger partial charge is 0.407 e. The molecule has 1 heterocycles. The molecule has 0 radical (unpaired) electrons. The Labute approximate surface area is 247 Å². The number of carboxylic acid groups (broad SMARTS) is 1. The fourth-order valence-corrected chi connectivity index (χ4v) is 5.26. The minimum Gasteiger partial charge on any atom is -0.480 e. The molecule has 1 amide bonds. The van der Waals surface area contributed by atoms with Crippen LogP contribution >= 0.6 is 0 Å². The molecular weight excluding hydrogens is 566 g/mol. The molecule has 1 aliphatic carbocycles. The number of carboxylic acids is 1. The van der Waals surface area contributed by atoms with Gasteiger partial charge in [-0.05, 0) is 29.2 Å². The van der Waals surface area contributed by atoms with Crippen LogP contribution in [0.2, 0.25) is 0 Å². The monoisotopic (exact) mass is 599 g/mol. The normalized spacial score (nSPS) is 22.2. The van der Waals surface area contributed by atoms with Gasteiger partial charge in [0, 0.05) is 26.7 Å². The second-order valence-corrected chi connectivity index (χ2v) is 10.1. The first-order valence-corrected chi connectivity index (χ1v) is 13.6. The molecule has 0 aromatic heterocycles. The first-order valence-electron chi connectivity index (χ1n) is 13.6.